The van der Waals surface area contributed by atoms with Gasteiger partial charge in [0.05, 0.1) is 5.56 Å². The Morgan fingerprint density at radius 1 is 1.17 bits per heavy atom. The molecule has 0 aliphatic carbocycles. The zero-order chi connectivity index (χ0) is 16.9. The molecule has 1 amide bonds. The van der Waals surface area contributed by atoms with E-state index < -0.39 is 0 Å². The molecular formula is C19H24N4O. The minimum Gasteiger partial charge on any atom is -0.339 e. The van der Waals surface area contributed by atoms with Crippen LogP contribution in [-0.4, -0.2) is 33.9 Å². The summed E-state index contributed by atoms with van der Waals surface area (Å²) in [6.07, 6.45) is 7.56. The molecule has 0 bridgehead atoms. The third-order valence-electron chi connectivity index (χ3n) is 4.52. The van der Waals surface area contributed by atoms with Gasteiger partial charge in [-0.2, -0.15) is 0 Å². The maximum Gasteiger partial charge on any atom is 0.256 e. The molecule has 1 aliphatic rings. The molecule has 1 aromatic carbocycles. The topological polar surface area (TPSA) is 58.1 Å². The number of hydrogen-bond acceptors (Lipinski definition) is 4. The van der Waals surface area contributed by atoms with Crippen molar-refractivity contribution < 1.29 is 4.79 Å². The zero-order valence-corrected chi connectivity index (χ0v) is 14.4. The van der Waals surface area contributed by atoms with Crippen LogP contribution in [0.3, 0.4) is 0 Å². The van der Waals surface area contributed by atoms with E-state index in [0.717, 1.165) is 43.6 Å². The first-order chi connectivity index (χ1) is 11.7. The molecule has 0 spiro atoms. The Hall–Kier alpha value is -2.43. The van der Waals surface area contributed by atoms with Crippen LogP contribution in [0.25, 0.3) is 0 Å². The standard InChI is InChI=1S/C19H24N4O/c1-3-15-9-7-8-14(2)17(15)22-19-20-12-16(13-21-19)18(24)23-10-5-4-6-11-23/h7-9,12-13H,3-6,10-11H2,1-2H3,(H,20,21,22). The number of nitrogens with zero attached hydrogens (tertiary/aromatic N) is 3. The lowest BCUT2D eigenvalue weighted by molar-refractivity contribution is 0.0723. The second-order valence-electron chi connectivity index (χ2n) is 6.24. The molecule has 0 unspecified atom stereocenters. The van der Waals surface area contributed by atoms with E-state index >= 15 is 0 Å². The van der Waals surface area contributed by atoms with Gasteiger partial charge in [-0.05, 0) is 43.7 Å². The fourth-order valence-electron chi connectivity index (χ4n) is 3.10. The first-order valence-corrected chi connectivity index (χ1v) is 8.66. The van der Waals surface area contributed by atoms with Gasteiger partial charge in [-0.25, -0.2) is 9.97 Å². The number of benzene rings is 1. The highest BCUT2D eigenvalue weighted by atomic mass is 16.2. The quantitative estimate of drug-likeness (QED) is 0.931. The van der Waals surface area contributed by atoms with Crippen molar-refractivity contribution in [2.45, 2.75) is 39.5 Å². The molecule has 1 aromatic heterocycles. The summed E-state index contributed by atoms with van der Waals surface area (Å²) < 4.78 is 0. The average Bonchev–Trinajstić information content (AvgIpc) is 2.64. The van der Waals surface area contributed by atoms with Gasteiger partial charge in [0.1, 0.15) is 0 Å². The molecular weight excluding hydrogens is 300 g/mol. The Kier molecular flexibility index (Phi) is 5.08. The third kappa shape index (κ3) is 3.55. The molecule has 2 aromatic rings. The molecule has 2 heterocycles. The number of hydrogen-bond donors (Lipinski definition) is 1. The highest BCUT2D eigenvalue weighted by Gasteiger charge is 2.18. The number of amides is 1. The lowest BCUT2D eigenvalue weighted by Gasteiger charge is -2.26. The molecule has 0 saturated carbocycles. The van der Waals surface area contributed by atoms with Crippen molar-refractivity contribution in [3.63, 3.8) is 0 Å². The van der Waals surface area contributed by atoms with E-state index in [2.05, 4.69) is 47.3 Å². The van der Waals surface area contributed by atoms with E-state index in [-0.39, 0.29) is 5.91 Å². The van der Waals surface area contributed by atoms with Crippen LogP contribution in [0.2, 0.25) is 0 Å². The van der Waals surface area contributed by atoms with Gasteiger partial charge in [-0.1, -0.05) is 25.1 Å². The van der Waals surface area contributed by atoms with Crippen molar-refractivity contribution in [3.05, 3.63) is 47.3 Å². The van der Waals surface area contributed by atoms with Gasteiger partial charge in [0, 0.05) is 31.2 Å². The number of piperidine rings is 1. The number of rotatable bonds is 4. The first kappa shape index (κ1) is 16.4. The molecule has 0 radical (unpaired) electrons. The number of aryl methyl sites for hydroxylation is 2. The molecule has 24 heavy (non-hydrogen) atoms. The van der Waals surface area contributed by atoms with Gasteiger partial charge in [0.2, 0.25) is 5.95 Å². The number of nitrogens with one attached hydrogen (secondary N) is 1. The van der Waals surface area contributed by atoms with Crippen LogP contribution in [0.15, 0.2) is 30.6 Å². The van der Waals surface area contributed by atoms with Gasteiger partial charge in [0.15, 0.2) is 0 Å². The largest absolute Gasteiger partial charge is 0.339 e. The zero-order valence-electron chi connectivity index (χ0n) is 14.4. The summed E-state index contributed by atoms with van der Waals surface area (Å²) in [5, 5.41) is 3.29. The normalized spacial score (nSPS) is 14.5. The fraction of sp³-hybridized carbons (Fsp3) is 0.421. The van der Waals surface area contributed by atoms with Crippen molar-refractivity contribution in [2.75, 3.05) is 18.4 Å². The van der Waals surface area contributed by atoms with Crippen LogP contribution in [0.5, 0.6) is 0 Å². The molecule has 1 fully saturated rings. The molecule has 0 atom stereocenters. The van der Waals surface area contributed by atoms with Crippen LogP contribution < -0.4 is 5.32 Å². The summed E-state index contributed by atoms with van der Waals surface area (Å²) in [5.41, 5.74) is 4.00. The summed E-state index contributed by atoms with van der Waals surface area (Å²) >= 11 is 0. The SMILES string of the molecule is CCc1cccc(C)c1Nc1ncc(C(=O)N2CCCCC2)cn1. The van der Waals surface area contributed by atoms with E-state index in [4.69, 9.17) is 0 Å². The van der Waals surface area contributed by atoms with Crippen LogP contribution in [0, 0.1) is 6.92 Å². The van der Waals surface area contributed by atoms with Crippen LogP contribution >= 0.6 is 0 Å². The number of carbonyl (C=O) groups is 1. The molecule has 5 heteroatoms. The van der Waals surface area contributed by atoms with Crippen molar-refractivity contribution >= 4 is 17.5 Å². The predicted molar refractivity (Wildman–Crippen MR) is 95.6 cm³/mol. The monoisotopic (exact) mass is 324 g/mol. The molecule has 126 valence electrons. The van der Waals surface area contributed by atoms with Crippen molar-refractivity contribution in [1.29, 1.82) is 0 Å². The van der Waals surface area contributed by atoms with Crippen molar-refractivity contribution in [1.82, 2.24) is 14.9 Å². The Balaban J connectivity index is 1.74. The third-order valence-corrected chi connectivity index (χ3v) is 4.52. The number of likely N-dealkylation sites (tertiary alicyclic amines) is 1. The van der Waals surface area contributed by atoms with Gasteiger partial charge < -0.3 is 10.2 Å². The van der Waals surface area contributed by atoms with E-state index in [1.165, 1.54) is 12.0 Å². The van der Waals surface area contributed by atoms with Crippen LogP contribution in [-0.2, 0) is 6.42 Å². The maximum absolute atomic E-state index is 12.4. The van der Waals surface area contributed by atoms with E-state index in [1.807, 2.05) is 4.90 Å². The van der Waals surface area contributed by atoms with Gasteiger partial charge in [0.25, 0.3) is 5.91 Å². The predicted octanol–water partition coefficient (Wildman–Crippen LogP) is 3.72. The molecule has 1 N–H and O–H groups in total. The van der Waals surface area contributed by atoms with Crippen molar-refractivity contribution in [2.24, 2.45) is 0 Å². The molecule has 1 saturated heterocycles. The van der Waals surface area contributed by atoms with Crippen LogP contribution in [0.4, 0.5) is 11.6 Å². The lowest BCUT2D eigenvalue weighted by Crippen LogP contribution is -2.35. The number of aromatic nitrogens is 2. The summed E-state index contributed by atoms with van der Waals surface area (Å²) in [6.45, 7) is 5.86. The molecule has 1 aliphatic heterocycles. The number of carbonyl (C=O) groups excluding carboxylic acids is 1. The van der Waals surface area contributed by atoms with Gasteiger partial charge in [-0.3, -0.25) is 4.79 Å². The van der Waals surface area contributed by atoms with Crippen molar-refractivity contribution in [3.8, 4) is 0 Å². The number of anilines is 2. The highest BCUT2D eigenvalue weighted by molar-refractivity contribution is 5.93. The molecule has 3 rings (SSSR count). The van der Waals surface area contributed by atoms with Gasteiger partial charge in [-0.15, -0.1) is 0 Å². The average molecular weight is 324 g/mol. The maximum atomic E-state index is 12.4. The second kappa shape index (κ2) is 7.43. The Morgan fingerprint density at radius 3 is 2.54 bits per heavy atom. The first-order valence-electron chi connectivity index (χ1n) is 8.66. The minimum atomic E-state index is 0.0337. The fourth-order valence-corrected chi connectivity index (χ4v) is 3.10. The van der Waals surface area contributed by atoms with E-state index in [0.29, 0.717) is 11.5 Å². The molecule has 5 nitrogen and oxygen atoms in total. The Bertz CT molecular complexity index is 706. The number of para-hydroxylation sites is 1. The highest BCUT2D eigenvalue weighted by Crippen LogP contribution is 2.23. The Morgan fingerprint density at radius 2 is 1.88 bits per heavy atom. The van der Waals surface area contributed by atoms with Gasteiger partial charge >= 0.3 is 0 Å². The van der Waals surface area contributed by atoms with Crippen LogP contribution in [0.1, 0.15) is 47.7 Å². The Labute approximate surface area is 143 Å². The van der Waals surface area contributed by atoms with E-state index in [1.54, 1.807) is 12.4 Å². The smallest absolute Gasteiger partial charge is 0.256 e. The van der Waals surface area contributed by atoms with E-state index in [9.17, 15) is 4.79 Å². The summed E-state index contributed by atoms with van der Waals surface area (Å²) in [6, 6.07) is 6.22. The summed E-state index contributed by atoms with van der Waals surface area (Å²) in [7, 11) is 0. The summed E-state index contributed by atoms with van der Waals surface area (Å²) in [5.74, 6) is 0.556. The second-order valence-corrected chi connectivity index (χ2v) is 6.24. The summed E-state index contributed by atoms with van der Waals surface area (Å²) in [4.78, 5) is 23.0. The minimum absolute atomic E-state index is 0.0337. The lowest BCUT2D eigenvalue weighted by atomic mass is 10.1.